The minimum atomic E-state index is -0.246. The molecule has 27 heavy (non-hydrogen) atoms. The molecule has 1 aromatic heterocycles. The van der Waals surface area contributed by atoms with Gasteiger partial charge in [-0.05, 0) is 39.8 Å². The predicted molar refractivity (Wildman–Crippen MR) is 110 cm³/mol. The average Bonchev–Trinajstić information content (AvgIpc) is 2.70. The van der Waals surface area contributed by atoms with Crippen molar-refractivity contribution >= 4 is 11.9 Å². The molecule has 2 rings (SSSR count). The summed E-state index contributed by atoms with van der Waals surface area (Å²) in [4.78, 5) is 18.0. The molecule has 152 valence electrons. The van der Waals surface area contributed by atoms with E-state index in [-0.39, 0.29) is 5.60 Å². The third-order valence-corrected chi connectivity index (χ3v) is 4.67. The van der Waals surface area contributed by atoms with E-state index in [1.54, 1.807) is 19.5 Å². The number of rotatable bonds is 9. The van der Waals surface area contributed by atoms with Crippen molar-refractivity contribution < 1.29 is 4.74 Å². The number of aliphatic imine (C=N–C) groups is 1. The van der Waals surface area contributed by atoms with Gasteiger partial charge in [-0.15, -0.1) is 0 Å². The first-order chi connectivity index (χ1) is 13.0. The Bertz CT molecular complexity index is 556. The van der Waals surface area contributed by atoms with Crippen LogP contribution in [0, 0.1) is 0 Å². The van der Waals surface area contributed by atoms with Crippen molar-refractivity contribution in [3.63, 3.8) is 0 Å². The lowest BCUT2D eigenvalue weighted by atomic mass is 10.1. The Morgan fingerprint density at radius 2 is 1.89 bits per heavy atom. The molecule has 0 unspecified atom stereocenters. The summed E-state index contributed by atoms with van der Waals surface area (Å²) in [5.74, 6) is 1.69. The summed E-state index contributed by atoms with van der Waals surface area (Å²) in [5, 5.41) is 6.71. The number of piperazine rings is 1. The number of hydrogen-bond donors (Lipinski definition) is 2. The van der Waals surface area contributed by atoms with Crippen molar-refractivity contribution in [2.45, 2.75) is 32.8 Å². The molecule has 1 saturated heterocycles. The summed E-state index contributed by atoms with van der Waals surface area (Å²) in [5.41, 5.74) is -0.246. The quantitative estimate of drug-likeness (QED) is 0.377. The normalized spacial score (nSPS) is 16.4. The Kier molecular flexibility index (Phi) is 8.74. The van der Waals surface area contributed by atoms with Crippen LogP contribution in [0.25, 0.3) is 0 Å². The second-order valence-electron chi connectivity index (χ2n) is 7.32. The number of aromatic nitrogens is 2. The smallest absolute Gasteiger partial charge is 0.225 e. The van der Waals surface area contributed by atoms with Gasteiger partial charge in [0.05, 0.1) is 12.1 Å². The van der Waals surface area contributed by atoms with Crippen LogP contribution in [0.3, 0.4) is 0 Å². The van der Waals surface area contributed by atoms with E-state index in [9.17, 15) is 0 Å². The van der Waals surface area contributed by atoms with Crippen LogP contribution >= 0.6 is 0 Å². The van der Waals surface area contributed by atoms with E-state index < -0.39 is 0 Å². The summed E-state index contributed by atoms with van der Waals surface area (Å²) in [6, 6.07) is 1.86. The molecule has 0 atom stereocenters. The molecule has 0 spiro atoms. The van der Waals surface area contributed by atoms with Gasteiger partial charge < -0.3 is 20.3 Å². The molecule has 0 saturated carbocycles. The third kappa shape index (κ3) is 7.68. The highest BCUT2D eigenvalue weighted by Crippen LogP contribution is 2.10. The van der Waals surface area contributed by atoms with Gasteiger partial charge in [0.2, 0.25) is 5.95 Å². The lowest BCUT2D eigenvalue weighted by Crippen LogP contribution is -2.47. The molecule has 0 bridgehead atoms. The summed E-state index contributed by atoms with van der Waals surface area (Å²) >= 11 is 0. The highest BCUT2D eigenvalue weighted by molar-refractivity contribution is 5.79. The maximum absolute atomic E-state index is 5.43. The molecular weight excluding hydrogens is 342 g/mol. The fraction of sp³-hybridized carbons (Fsp3) is 0.737. The van der Waals surface area contributed by atoms with Gasteiger partial charge in [0.1, 0.15) is 0 Å². The number of nitrogens with zero attached hydrogens (tertiary/aromatic N) is 5. The van der Waals surface area contributed by atoms with Crippen LogP contribution in [0.2, 0.25) is 0 Å². The van der Waals surface area contributed by atoms with Gasteiger partial charge in [-0.1, -0.05) is 0 Å². The van der Waals surface area contributed by atoms with Crippen LogP contribution in [0.4, 0.5) is 5.95 Å². The highest BCUT2D eigenvalue weighted by atomic mass is 16.5. The number of nitrogens with one attached hydrogen (secondary N) is 2. The van der Waals surface area contributed by atoms with E-state index in [0.29, 0.717) is 6.54 Å². The van der Waals surface area contributed by atoms with Gasteiger partial charge in [0.15, 0.2) is 5.96 Å². The first-order valence-corrected chi connectivity index (χ1v) is 9.85. The lowest BCUT2D eigenvalue weighted by Gasteiger charge is -2.34. The van der Waals surface area contributed by atoms with Crippen LogP contribution in [0.15, 0.2) is 23.5 Å². The van der Waals surface area contributed by atoms with Gasteiger partial charge in [0.25, 0.3) is 0 Å². The van der Waals surface area contributed by atoms with Crippen molar-refractivity contribution in [3.05, 3.63) is 18.5 Å². The Morgan fingerprint density at radius 3 is 2.52 bits per heavy atom. The minimum Gasteiger partial charge on any atom is -0.377 e. The summed E-state index contributed by atoms with van der Waals surface area (Å²) in [7, 11) is 1.72. The van der Waals surface area contributed by atoms with Gasteiger partial charge in [-0.25, -0.2) is 9.97 Å². The maximum Gasteiger partial charge on any atom is 0.225 e. The predicted octanol–water partition coefficient (Wildman–Crippen LogP) is 0.969. The maximum atomic E-state index is 5.43. The van der Waals surface area contributed by atoms with E-state index in [2.05, 4.69) is 42.3 Å². The lowest BCUT2D eigenvalue weighted by molar-refractivity contribution is 0.0310. The first kappa shape index (κ1) is 21.4. The molecule has 8 heteroatoms. The molecule has 1 fully saturated rings. The molecule has 1 aromatic rings. The molecular formula is C19H35N7O. The van der Waals surface area contributed by atoms with Crippen LogP contribution < -0.4 is 15.5 Å². The van der Waals surface area contributed by atoms with Crippen molar-refractivity contribution in [3.8, 4) is 0 Å². The molecule has 8 nitrogen and oxygen atoms in total. The summed E-state index contributed by atoms with van der Waals surface area (Å²) < 4.78 is 5.43. The molecule has 2 heterocycles. The van der Waals surface area contributed by atoms with Crippen LogP contribution in [0.5, 0.6) is 0 Å². The molecule has 1 aliphatic rings. The van der Waals surface area contributed by atoms with Crippen LogP contribution in [-0.2, 0) is 4.74 Å². The third-order valence-electron chi connectivity index (χ3n) is 4.67. The molecule has 2 N–H and O–H groups in total. The van der Waals surface area contributed by atoms with E-state index >= 15 is 0 Å². The van der Waals surface area contributed by atoms with E-state index in [4.69, 9.17) is 4.74 Å². The molecule has 0 radical (unpaired) electrons. The zero-order valence-corrected chi connectivity index (χ0v) is 17.2. The molecule has 0 aliphatic carbocycles. The first-order valence-electron chi connectivity index (χ1n) is 9.85. The monoisotopic (exact) mass is 377 g/mol. The summed E-state index contributed by atoms with van der Waals surface area (Å²) in [6.45, 7) is 13.7. The number of methoxy groups -OCH3 is 1. The topological polar surface area (TPSA) is 77.9 Å². The van der Waals surface area contributed by atoms with E-state index in [1.807, 2.05) is 19.9 Å². The Hall–Kier alpha value is -1.93. The SMILES string of the molecule is CCNC(=NCC(C)(C)OC)NCCCN1CCN(c2ncccn2)CC1. The number of anilines is 1. The second kappa shape index (κ2) is 11.0. The van der Waals surface area contributed by atoms with Gasteiger partial charge in [-0.2, -0.15) is 0 Å². The van der Waals surface area contributed by atoms with Gasteiger partial charge in [0, 0.05) is 58.8 Å². The average molecular weight is 378 g/mol. The fourth-order valence-corrected chi connectivity index (χ4v) is 2.81. The molecule has 1 aliphatic heterocycles. The Balaban J connectivity index is 1.66. The summed E-state index contributed by atoms with van der Waals surface area (Å²) in [6.07, 6.45) is 4.69. The second-order valence-corrected chi connectivity index (χ2v) is 7.32. The minimum absolute atomic E-state index is 0.246. The molecule has 0 amide bonds. The highest BCUT2D eigenvalue weighted by Gasteiger charge is 2.18. The van der Waals surface area contributed by atoms with Crippen molar-refractivity contribution in [1.82, 2.24) is 25.5 Å². The zero-order chi connectivity index (χ0) is 19.5. The number of guanidine groups is 1. The van der Waals surface area contributed by atoms with Crippen molar-refractivity contribution in [1.29, 1.82) is 0 Å². The zero-order valence-electron chi connectivity index (χ0n) is 17.2. The Morgan fingerprint density at radius 1 is 1.19 bits per heavy atom. The largest absolute Gasteiger partial charge is 0.377 e. The van der Waals surface area contributed by atoms with Crippen molar-refractivity contribution in [2.24, 2.45) is 4.99 Å². The number of ether oxygens (including phenoxy) is 1. The van der Waals surface area contributed by atoms with Crippen LogP contribution in [0.1, 0.15) is 27.2 Å². The van der Waals surface area contributed by atoms with Gasteiger partial charge in [-0.3, -0.25) is 9.89 Å². The molecule has 0 aromatic carbocycles. The number of hydrogen-bond acceptors (Lipinski definition) is 6. The van der Waals surface area contributed by atoms with Crippen molar-refractivity contribution in [2.75, 3.05) is 64.4 Å². The Labute approximate surface area is 163 Å². The van der Waals surface area contributed by atoms with Crippen LogP contribution in [-0.4, -0.2) is 85.9 Å². The standard InChI is InChI=1S/C19H35N7O/c1-5-20-17(24-16-19(2,3)27-4)21-10-7-11-25-12-14-26(15-13-25)18-22-8-6-9-23-18/h6,8-9H,5,7,10-16H2,1-4H3,(H2,20,21,24). The van der Waals surface area contributed by atoms with E-state index in [0.717, 1.165) is 64.1 Å². The van der Waals surface area contributed by atoms with E-state index in [1.165, 1.54) is 0 Å². The fourth-order valence-electron chi connectivity index (χ4n) is 2.81. The van der Waals surface area contributed by atoms with Gasteiger partial charge >= 0.3 is 0 Å².